The standard InChI is InChI=1S/C24H23N3O3S2/c1-16-6-9-19(10-7-16)32(29,30)27-14-12-18(13-15-27)23(28)26-24-25-22-20-5-3-2-4-17(20)8-11-21(22)31-24/h2-11,18H,12-15H2,1H3,(H,25,26,28). The van der Waals surface area contributed by atoms with Crippen molar-refractivity contribution in [2.45, 2.75) is 24.7 Å². The first-order valence-electron chi connectivity index (χ1n) is 10.6. The number of sulfonamides is 1. The minimum absolute atomic E-state index is 0.0965. The zero-order valence-corrected chi connectivity index (χ0v) is 19.2. The van der Waals surface area contributed by atoms with Crippen molar-refractivity contribution in [3.8, 4) is 0 Å². The summed E-state index contributed by atoms with van der Waals surface area (Å²) >= 11 is 1.46. The number of carbonyl (C=O) groups excluding carboxylic acids is 1. The first-order valence-corrected chi connectivity index (χ1v) is 12.8. The predicted molar refractivity (Wildman–Crippen MR) is 128 cm³/mol. The van der Waals surface area contributed by atoms with Crippen LogP contribution in [0.1, 0.15) is 18.4 Å². The Morgan fingerprint density at radius 3 is 2.50 bits per heavy atom. The summed E-state index contributed by atoms with van der Waals surface area (Å²) in [7, 11) is -3.53. The number of nitrogens with one attached hydrogen (secondary N) is 1. The minimum Gasteiger partial charge on any atom is -0.302 e. The lowest BCUT2D eigenvalue weighted by molar-refractivity contribution is -0.120. The van der Waals surface area contributed by atoms with Crippen molar-refractivity contribution < 1.29 is 13.2 Å². The summed E-state index contributed by atoms with van der Waals surface area (Å²) in [4.78, 5) is 17.8. The van der Waals surface area contributed by atoms with Crippen LogP contribution < -0.4 is 5.32 Å². The molecule has 8 heteroatoms. The highest BCUT2D eigenvalue weighted by Gasteiger charge is 2.32. The zero-order valence-electron chi connectivity index (χ0n) is 17.6. The maximum absolute atomic E-state index is 12.9. The zero-order chi connectivity index (χ0) is 22.3. The average molecular weight is 466 g/mol. The Morgan fingerprint density at radius 2 is 1.75 bits per heavy atom. The van der Waals surface area contributed by atoms with Crippen LogP contribution >= 0.6 is 11.3 Å². The van der Waals surface area contributed by atoms with Gasteiger partial charge >= 0.3 is 0 Å². The van der Waals surface area contributed by atoms with Gasteiger partial charge in [0, 0.05) is 24.4 Å². The molecule has 0 unspecified atom stereocenters. The van der Waals surface area contributed by atoms with Crippen LogP contribution in [-0.2, 0) is 14.8 Å². The number of hydrogen-bond donors (Lipinski definition) is 1. The van der Waals surface area contributed by atoms with Gasteiger partial charge in [0.1, 0.15) is 0 Å². The summed E-state index contributed by atoms with van der Waals surface area (Å²) in [5.41, 5.74) is 1.91. The van der Waals surface area contributed by atoms with Gasteiger partial charge in [-0.15, -0.1) is 0 Å². The number of benzene rings is 3. The molecule has 0 atom stereocenters. The SMILES string of the molecule is Cc1ccc(S(=O)(=O)N2CCC(C(=O)Nc3nc4c(ccc5ccccc54)s3)CC2)cc1. The Bertz CT molecular complexity index is 1400. The summed E-state index contributed by atoms with van der Waals surface area (Å²) in [6.45, 7) is 2.59. The van der Waals surface area contributed by atoms with Crippen molar-refractivity contribution in [2.75, 3.05) is 18.4 Å². The number of thiazole rings is 1. The van der Waals surface area contributed by atoms with Crippen LogP contribution in [0.5, 0.6) is 0 Å². The summed E-state index contributed by atoms with van der Waals surface area (Å²) in [6, 6.07) is 19.0. The fourth-order valence-electron chi connectivity index (χ4n) is 4.14. The number of anilines is 1. The van der Waals surface area contributed by atoms with Crippen molar-refractivity contribution in [1.29, 1.82) is 0 Å². The molecule has 1 amide bonds. The minimum atomic E-state index is -3.53. The molecule has 1 aliphatic rings. The Hall–Kier alpha value is -2.81. The Morgan fingerprint density at radius 1 is 1.03 bits per heavy atom. The van der Waals surface area contributed by atoms with Crippen LogP contribution in [0.25, 0.3) is 21.0 Å². The first kappa shape index (κ1) is 21.1. The largest absolute Gasteiger partial charge is 0.302 e. The fraction of sp³-hybridized carbons (Fsp3) is 0.250. The molecule has 0 spiro atoms. The van der Waals surface area contributed by atoms with E-state index in [2.05, 4.69) is 16.4 Å². The third-order valence-corrected chi connectivity index (χ3v) is 8.85. The third-order valence-electron chi connectivity index (χ3n) is 6.00. The number of nitrogens with zero attached hydrogens (tertiary/aromatic N) is 2. The molecular weight excluding hydrogens is 442 g/mol. The topological polar surface area (TPSA) is 79.4 Å². The van der Waals surface area contributed by atoms with Gasteiger partial charge in [-0.3, -0.25) is 4.79 Å². The summed E-state index contributed by atoms with van der Waals surface area (Å²) in [5, 5.41) is 5.72. The van der Waals surface area contributed by atoms with Gasteiger partial charge in [-0.25, -0.2) is 13.4 Å². The van der Waals surface area contributed by atoms with E-state index in [0.717, 1.165) is 26.6 Å². The number of rotatable bonds is 4. The smallest absolute Gasteiger partial charge is 0.243 e. The number of aryl methyl sites for hydroxylation is 1. The monoisotopic (exact) mass is 465 g/mol. The number of aromatic nitrogens is 1. The normalized spacial score (nSPS) is 15.9. The molecule has 1 aliphatic heterocycles. The van der Waals surface area contributed by atoms with E-state index < -0.39 is 10.0 Å². The second kappa shape index (κ2) is 8.27. The van der Waals surface area contributed by atoms with E-state index in [9.17, 15) is 13.2 Å². The van der Waals surface area contributed by atoms with Crippen molar-refractivity contribution in [3.63, 3.8) is 0 Å². The van der Waals surface area contributed by atoms with Gasteiger partial charge in [0.25, 0.3) is 0 Å². The van der Waals surface area contributed by atoms with Crippen LogP contribution in [-0.4, -0.2) is 36.7 Å². The van der Waals surface area contributed by atoms with E-state index in [1.54, 1.807) is 24.3 Å². The molecule has 4 aromatic rings. The molecule has 6 nitrogen and oxygen atoms in total. The highest BCUT2D eigenvalue weighted by atomic mass is 32.2. The van der Waals surface area contributed by atoms with Gasteiger partial charge in [-0.1, -0.05) is 59.4 Å². The Kier molecular flexibility index (Phi) is 5.44. The van der Waals surface area contributed by atoms with E-state index >= 15 is 0 Å². The van der Waals surface area contributed by atoms with Crippen molar-refractivity contribution in [2.24, 2.45) is 5.92 Å². The molecule has 164 valence electrons. The highest BCUT2D eigenvalue weighted by molar-refractivity contribution is 7.89. The lowest BCUT2D eigenvalue weighted by Gasteiger charge is -2.30. The van der Waals surface area contributed by atoms with E-state index in [1.165, 1.54) is 15.6 Å². The molecule has 2 heterocycles. The first-order chi connectivity index (χ1) is 15.4. The maximum Gasteiger partial charge on any atom is 0.243 e. The van der Waals surface area contributed by atoms with Crippen LogP contribution in [0, 0.1) is 12.8 Å². The van der Waals surface area contributed by atoms with Gasteiger partial charge in [-0.05, 0) is 43.4 Å². The lowest BCUT2D eigenvalue weighted by atomic mass is 9.97. The molecule has 3 aromatic carbocycles. The molecular formula is C24H23N3O3S2. The number of piperidine rings is 1. The van der Waals surface area contributed by atoms with Crippen LogP contribution in [0.2, 0.25) is 0 Å². The number of amides is 1. The van der Waals surface area contributed by atoms with Gasteiger partial charge in [0.15, 0.2) is 5.13 Å². The average Bonchev–Trinajstić information content (AvgIpc) is 3.22. The molecule has 0 aliphatic carbocycles. The highest BCUT2D eigenvalue weighted by Crippen LogP contribution is 2.32. The van der Waals surface area contributed by atoms with E-state index in [-0.39, 0.29) is 11.8 Å². The number of carbonyl (C=O) groups is 1. The molecule has 0 saturated carbocycles. The van der Waals surface area contributed by atoms with Crippen molar-refractivity contribution in [1.82, 2.24) is 9.29 Å². The quantitative estimate of drug-likeness (QED) is 0.470. The molecule has 0 bridgehead atoms. The molecule has 1 aromatic heterocycles. The van der Waals surface area contributed by atoms with Gasteiger partial charge in [0.2, 0.25) is 15.9 Å². The third kappa shape index (κ3) is 3.90. The summed E-state index contributed by atoms with van der Waals surface area (Å²) < 4.78 is 28.3. The van der Waals surface area contributed by atoms with Gasteiger partial charge in [-0.2, -0.15) is 4.31 Å². The molecule has 5 rings (SSSR count). The van der Waals surface area contributed by atoms with Crippen molar-refractivity contribution >= 4 is 53.4 Å². The van der Waals surface area contributed by atoms with Crippen LogP contribution in [0.4, 0.5) is 5.13 Å². The molecule has 0 radical (unpaired) electrons. The molecule has 1 N–H and O–H groups in total. The molecule has 32 heavy (non-hydrogen) atoms. The van der Waals surface area contributed by atoms with Crippen LogP contribution in [0.3, 0.4) is 0 Å². The van der Waals surface area contributed by atoms with Gasteiger partial charge in [0.05, 0.1) is 15.1 Å². The predicted octanol–water partition coefficient (Wildman–Crippen LogP) is 4.80. The van der Waals surface area contributed by atoms with E-state index in [4.69, 9.17) is 0 Å². The lowest BCUT2D eigenvalue weighted by Crippen LogP contribution is -2.41. The van der Waals surface area contributed by atoms with Crippen molar-refractivity contribution in [3.05, 3.63) is 66.2 Å². The summed E-state index contributed by atoms with van der Waals surface area (Å²) in [5.74, 6) is -0.330. The van der Waals surface area contributed by atoms with E-state index in [0.29, 0.717) is 36.0 Å². The molecule has 1 saturated heterocycles. The van der Waals surface area contributed by atoms with E-state index in [1.807, 2.05) is 37.3 Å². The second-order valence-corrected chi connectivity index (χ2v) is 11.1. The number of fused-ring (bicyclic) bond motifs is 3. The summed E-state index contributed by atoms with van der Waals surface area (Å²) in [6.07, 6.45) is 0.982. The maximum atomic E-state index is 12.9. The fourth-order valence-corrected chi connectivity index (χ4v) is 6.49. The van der Waals surface area contributed by atoms with Gasteiger partial charge < -0.3 is 5.32 Å². The van der Waals surface area contributed by atoms with Crippen LogP contribution in [0.15, 0.2) is 65.6 Å². The number of hydrogen-bond acceptors (Lipinski definition) is 5. The Balaban J connectivity index is 1.27. The Labute approximate surface area is 190 Å². The second-order valence-electron chi connectivity index (χ2n) is 8.13. The molecule has 1 fully saturated rings.